The summed E-state index contributed by atoms with van der Waals surface area (Å²) in [5, 5.41) is 6.30. The third-order valence-corrected chi connectivity index (χ3v) is 2.65. The Bertz CT molecular complexity index is 592. The van der Waals surface area contributed by atoms with Crippen molar-refractivity contribution >= 4 is 11.6 Å². The predicted octanol–water partition coefficient (Wildman–Crippen LogP) is 2.25. The Kier molecular flexibility index (Phi) is 3.70. The van der Waals surface area contributed by atoms with Gasteiger partial charge in [-0.15, -0.1) is 0 Å². The highest BCUT2D eigenvalue weighted by molar-refractivity contribution is 6.05. The Labute approximate surface area is 110 Å². The van der Waals surface area contributed by atoms with Crippen LogP contribution in [0, 0.1) is 6.92 Å². The van der Waals surface area contributed by atoms with E-state index in [1.165, 1.54) is 13.3 Å². The lowest BCUT2D eigenvalue weighted by Crippen LogP contribution is -2.13. The Balaban J connectivity index is 2.27. The number of aryl methyl sites for hydroxylation is 1. The summed E-state index contributed by atoms with van der Waals surface area (Å²) in [5.41, 5.74) is 0.900. The van der Waals surface area contributed by atoms with Crippen molar-refractivity contribution in [3.63, 3.8) is 0 Å². The molecule has 0 aliphatic heterocycles. The van der Waals surface area contributed by atoms with E-state index in [1.807, 2.05) is 0 Å². The lowest BCUT2D eigenvalue weighted by molar-refractivity contribution is 0.102. The van der Waals surface area contributed by atoms with E-state index in [2.05, 4.69) is 10.5 Å². The second kappa shape index (κ2) is 5.43. The normalized spacial score (nSPS) is 10.1. The average molecular weight is 262 g/mol. The minimum absolute atomic E-state index is 0.315. The first-order chi connectivity index (χ1) is 9.15. The maximum Gasteiger partial charge on any atom is 0.260 e. The van der Waals surface area contributed by atoms with Crippen LogP contribution in [0.25, 0.3) is 0 Å². The average Bonchev–Trinajstić information content (AvgIpc) is 2.85. The van der Waals surface area contributed by atoms with Crippen LogP contribution in [0.1, 0.15) is 16.1 Å². The number of amides is 1. The molecule has 0 radical (unpaired) electrons. The highest BCUT2D eigenvalue weighted by Crippen LogP contribution is 2.29. The molecule has 0 aliphatic rings. The number of nitrogens with zero attached hydrogens (tertiary/aromatic N) is 1. The highest BCUT2D eigenvalue weighted by atomic mass is 16.5. The molecule has 0 atom stereocenters. The van der Waals surface area contributed by atoms with Crippen LogP contribution in [-0.4, -0.2) is 25.3 Å². The molecule has 0 unspecified atom stereocenters. The number of hydrogen-bond donors (Lipinski definition) is 1. The molecule has 1 aromatic carbocycles. The second-order valence-corrected chi connectivity index (χ2v) is 3.82. The fourth-order valence-corrected chi connectivity index (χ4v) is 1.62. The molecule has 1 amide bonds. The van der Waals surface area contributed by atoms with Gasteiger partial charge >= 0.3 is 0 Å². The number of methoxy groups -OCH3 is 2. The quantitative estimate of drug-likeness (QED) is 0.914. The summed E-state index contributed by atoms with van der Waals surface area (Å²) in [5.74, 6) is 1.31. The van der Waals surface area contributed by atoms with Gasteiger partial charge in [0.25, 0.3) is 5.91 Å². The van der Waals surface area contributed by atoms with Crippen LogP contribution < -0.4 is 14.8 Å². The second-order valence-electron chi connectivity index (χ2n) is 3.82. The smallest absolute Gasteiger partial charge is 0.260 e. The zero-order valence-corrected chi connectivity index (χ0v) is 10.9. The molecular formula is C13H14N2O4. The van der Waals surface area contributed by atoms with E-state index < -0.39 is 0 Å². The van der Waals surface area contributed by atoms with Crippen molar-refractivity contribution in [1.82, 2.24) is 5.16 Å². The molecule has 6 nitrogen and oxygen atoms in total. The van der Waals surface area contributed by atoms with Crippen LogP contribution in [0.4, 0.5) is 5.69 Å². The fraction of sp³-hybridized carbons (Fsp3) is 0.231. The molecule has 19 heavy (non-hydrogen) atoms. The molecule has 1 heterocycles. The number of carbonyl (C=O) groups excluding carboxylic acids is 1. The monoisotopic (exact) mass is 262 g/mol. The molecule has 1 aromatic heterocycles. The van der Waals surface area contributed by atoms with E-state index in [-0.39, 0.29) is 5.91 Å². The van der Waals surface area contributed by atoms with Crippen LogP contribution in [-0.2, 0) is 0 Å². The number of rotatable bonds is 4. The summed E-state index contributed by atoms with van der Waals surface area (Å²) < 4.78 is 15.2. The molecule has 2 aromatic rings. The van der Waals surface area contributed by atoms with Gasteiger partial charge in [-0.25, -0.2) is 0 Å². The fourth-order valence-electron chi connectivity index (χ4n) is 1.62. The predicted molar refractivity (Wildman–Crippen MR) is 68.7 cm³/mol. The SMILES string of the molecule is COc1ccc(OC)c(NC(=O)c2cnoc2C)c1. The standard InChI is InChI=1S/C13H14N2O4/c1-8-10(7-14-19-8)13(16)15-11-6-9(17-2)4-5-12(11)18-3/h4-7H,1-3H3,(H,15,16). The molecule has 6 heteroatoms. The van der Waals surface area contributed by atoms with Gasteiger partial charge in [0.05, 0.1) is 26.1 Å². The molecular weight excluding hydrogens is 248 g/mol. The Hall–Kier alpha value is -2.50. The summed E-state index contributed by atoms with van der Waals surface area (Å²) in [6, 6.07) is 5.15. The number of ether oxygens (including phenoxy) is 2. The first-order valence-corrected chi connectivity index (χ1v) is 5.60. The maximum atomic E-state index is 12.1. The zero-order chi connectivity index (χ0) is 13.8. The molecule has 1 N–H and O–H groups in total. The summed E-state index contributed by atoms with van der Waals surface area (Å²) in [6.07, 6.45) is 1.37. The van der Waals surface area contributed by atoms with Crippen molar-refractivity contribution in [2.45, 2.75) is 6.92 Å². The van der Waals surface area contributed by atoms with Crippen molar-refractivity contribution in [2.24, 2.45) is 0 Å². The lowest BCUT2D eigenvalue weighted by atomic mass is 10.2. The van der Waals surface area contributed by atoms with Crippen LogP contribution in [0.15, 0.2) is 28.9 Å². The summed E-state index contributed by atoms with van der Waals surface area (Å²) in [6.45, 7) is 1.67. The van der Waals surface area contributed by atoms with E-state index in [9.17, 15) is 4.79 Å². The molecule has 0 spiro atoms. The number of aromatic nitrogens is 1. The van der Waals surface area contributed by atoms with E-state index in [0.717, 1.165) is 0 Å². The van der Waals surface area contributed by atoms with Crippen molar-refractivity contribution in [3.8, 4) is 11.5 Å². The van der Waals surface area contributed by atoms with E-state index >= 15 is 0 Å². The van der Waals surface area contributed by atoms with Gasteiger partial charge in [-0.05, 0) is 19.1 Å². The van der Waals surface area contributed by atoms with Gasteiger partial charge in [-0.3, -0.25) is 4.79 Å². The number of anilines is 1. The summed E-state index contributed by atoms with van der Waals surface area (Å²) in [4.78, 5) is 12.1. The van der Waals surface area contributed by atoms with Gasteiger partial charge < -0.3 is 19.3 Å². The van der Waals surface area contributed by atoms with Crippen LogP contribution >= 0.6 is 0 Å². The Morgan fingerprint density at radius 1 is 1.32 bits per heavy atom. The topological polar surface area (TPSA) is 73.6 Å². The minimum Gasteiger partial charge on any atom is -0.497 e. The zero-order valence-electron chi connectivity index (χ0n) is 10.9. The molecule has 0 saturated heterocycles. The minimum atomic E-state index is -0.315. The highest BCUT2D eigenvalue weighted by Gasteiger charge is 2.15. The summed E-state index contributed by atoms with van der Waals surface area (Å²) in [7, 11) is 3.08. The van der Waals surface area contributed by atoms with Gasteiger partial charge in [0, 0.05) is 6.07 Å². The number of hydrogen-bond acceptors (Lipinski definition) is 5. The van der Waals surface area contributed by atoms with Gasteiger partial charge in [0.2, 0.25) is 0 Å². The maximum absolute atomic E-state index is 12.1. The molecule has 0 bridgehead atoms. The molecule has 100 valence electrons. The largest absolute Gasteiger partial charge is 0.497 e. The molecule has 2 rings (SSSR count). The van der Waals surface area contributed by atoms with Gasteiger partial charge in [0.1, 0.15) is 22.8 Å². The van der Waals surface area contributed by atoms with Crippen LogP contribution in [0.3, 0.4) is 0 Å². The van der Waals surface area contributed by atoms with E-state index in [1.54, 1.807) is 32.2 Å². The van der Waals surface area contributed by atoms with Crippen molar-refractivity contribution < 1.29 is 18.8 Å². The number of carbonyl (C=O) groups is 1. The third kappa shape index (κ3) is 2.67. The number of nitrogens with one attached hydrogen (secondary N) is 1. The molecule has 0 fully saturated rings. The van der Waals surface area contributed by atoms with Crippen molar-refractivity contribution in [2.75, 3.05) is 19.5 Å². The van der Waals surface area contributed by atoms with E-state index in [4.69, 9.17) is 14.0 Å². The van der Waals surface area contributed by atoms with E-state index in [0.29, 0.717) is 28.5 Å². The first kappa shape index (κ1) is 12.9. The van der Waals surface area contributed by atoms with Gasteiger partial charge in [-0.2, -0.15) is 0 Å². The number of benzene rings is 1. The van der Waals surface area contributed by atoms with Crippen molar-refractivity contribution in [1.29, 1.82) is 0 Å². The van der Waals surface area contributed by atoms with Crippen LogP contribution in [0.2, 0.25) is 0 Å². The Morgan fingerprint density at radius 3 is 2.68 bits per heavy atom. The molecule has 0 aliphatic carbocycles. The Morgan fingerprint density at radius 2 is 2.11 bits per heavy atom. The summed E-state index contributed by atoms with van der Waals surface area (Å²) >= 11 is 0. The van der Waals surface area contributed by atoms with Gasteiger partial charge in [0.15, 0.2) is 0 Å². The molecule has 0 saturated carbocycles. The van der Waals surface area contributed by atoms with Gasteiger partial charge in [-0.1, -0.05) is 5.16 Å². The van der Waals surface area contributed by atoms with Crippen LogP contribution in [0.5, 0.6) is 11.5 Å². The lowest BCUT2D eigenvalue weighted by Gasteiger charge is -2.11. The first-order valence-electron chi connectivity index (χ1n) is 5.60. The van der Waals surface area contributed by atoms with Crippen molar-refractivity contribution in [3.05, 3.63) is 35.7 Å². The third-order valence-electron chi connectivity index (χ3n) is 2.65.